The first kappa shape index (κ1) is 17.0. The van der Waals surface area contributed by atoms with Crippen LogP contribution in [0.4, 0.5) is 0 Å². The van der Waals surface area contributed by atoms with Crippen molar-refractivity contribution in [2.75, 3.05) is 6.61 Å². The number of aliphatic hydroxyl groups excluding tert-OH is 2. The van der Waals surface area contributed by atoms with Gasteiger partial charge < -0.3 is 24.7 Å². The largest absolute Gasteiger partial charge is 0.469 e. The van der Waals surface area contributed by atoms with E-state index >= 15 is 0 Å². The van der Waals surface area contributed by atoms with Crippen molar-refractivity contribution in [3.63, 3.8) is 0 Å². The van der Waals surface area contributed by atoms with Crippen molar-refractivity contribution in [3.05, 3.63) is 32.6 Å². The minimum atomic E-state index is -4.77. The first-order chi connectivity index (χ1) is 10.1. The monoisotopic (exact) mass is 338 g/mol. The molecule has 1 saturated heterocycles. The van der Waals surface area contributed by atoms with Gasteiger partial charge in [-0.2, -0.15) is 0 Å². The summed E-state index contributed by atoms with van der Waals surface area (Å²) in [5.74, 6) is 0. The number of hydrogen-bond donors (Lipinski definition) is 5. The lowest BCUT2D eigenvalue weighted by atomic mass is 10.1. The fourth-order valence-corrected chi connectivity index (χ4v) is 2.38. The zero-order chi connectivity index (χ0) is 16.7. The molecular formula is C10H15N2O9P. The van der Waals surface area contributed by atoms with E-state index in [0.29, 0.717) is 0 Å². The van der Waals surface area contributed by atoms with Gasteiger partial charge in [0.2, 0.25) is 0 Å². The fourth-order valence-electron chi connectivity index (χ4n) is 2.04. The highest BCUT2D eigenvalue weighted by molar-refractivity contribution is 7.46. The molecule has 1 aromatic rings. The highest BCUT2D eigenvalue weighted by Gasteiger charge is 2.45. The summed E-state index contributed by atoms with van der Waals surface area (Å²) in [6.07, 6.45) is -4.52. The van der Waals surface area contributed by atoms with Crippen LogP contribution in [0.25, 0.3) is 0 Å². The lowest BCUT2D eigenvalue weighted by molar-refractivity contribution is -0.0543. The van der Waals surface area contributed by atoms with E-state index in [4.69, 9.17) is 14.5 Å². The van der Waals surface area contributed by atoms with Gasteiger partial charge in [0.15, 0.2) is 6.23 Å². The average Bonchev–Trinajstić information content (AvgIpc) is 2.68. The second-order valence-corrected chi connectivity index (χ2v) is 6.05. The molecule has 2 rings (SSSR count). The highest BCUT2D eigenvalue weighted by Crippen LogP contribution is 2.38. The number of nitrogens with one attached hydrogen (secondary N) is 1. The number of aromatic amines is 1. The number of nitrogens with zero attached hydrogens (tertiary/aromatic N) is 1. The molecule has 0 aromatic carbocycles. The number of rotatable bonds is 4. The zero-order valence-corrected chi connectivity index (χ0v) is 12.2. The lowest BCUT2D eigenvalue weighted by Gasteiger charge is -2.17. The summed E-state index contributed by atoms with van der Waals surface area (Å²) >= 11 is 0. The molecule has 2 heterocycles. The number of phosphoric ester groups is 1. The van der Waals surface area contributed by atoms with Crippen molar-refractivity contribution in [3.8, 4) is 0 Å². The first-order valence-electron chi connectivity index (χ1n) is 6.14. The van der Waals surface area contributed by atoms with Crippen LogP contribution >= 0.6 is 7.82 Å². The predicted octanol–water partition coefficient (Wildman–Crippen LogP) is -2.43. The van der Waals surface area contributed by atoms with E-state index < -0.39 is 50.2 Å². The molecule has 0 aliphatic carbocycles. The molecule has 11 nitrogen and oxygen atoms in total. The normalized spacial score (nSPS) is 29.0. The van der Waals surface area contributed by atoms with E-state index in [1.54, 1.807) is 0 Å². The first-order valence-corrected chi connectivity index (χ1v) is 7.67. The zero-order valence-electron chi connectivity index (χ0n) is 11.3. The van der Waals surface area contributed by atoms with E-state index in [1.807, 2.05) is 4.98 Å². The summed E-state index contributed by atoms with van der Waals surface area (Å²) in [6.45, 7) is 0.747. The van der Waals surface area contributed by atoms with Gasteiger partial charge in [-0.05, 0) is 6.92 Å². The number of aromatic nitrogens is 2. The molecule has 4 atom stereocenters. The third kappa shape index (κ3) is 3.52. The van der Waals surface area contributed by atoms with Crippen LogP contribution in [0.3, 0.4) is 0 Å². The van der Waals surface area contributed by atoms with Crippen LogP contribution in [0.15, 0.2) is 15.8 Å². The molecule has 124 valence electrons. The molecule has 5 N–H and O–H groups in total. The second kappa shape index (κ2) is 6.05. The van der Waals surface area contributed by atoms with Crippen LogP contribution in [-0.2, 0) is 13.8 Å². The lowest BCUT2D eigenvalue weighted by Crippen LogP contribution is -2.38. The van der Waals surface area contributed by atoms with Crippen LogP contribution in [0.2, 0.25) is 0 Å². The Bertz CT molecular complexity index is 707. The molecule has 1 fully saturated rings. The molecule has 0 saturated carbocycles. The SMILES string of the molecule is Cc1cn([C@H]2O[C@@H](COP(=O)(O)O)C(O)C2O)c(=O)[nH]c1=O. The smallest absolute Gasteiger partial charge is 0.387 e. The number of ether oxygens (including phenoxy) is 1. The number of H-pyrrole nitrogens is 1. The van der Waals surface area contributed by atoms with Crippen molar-refractivity contribution >= 4 is 7.82 Å². The molecule has 0 amide bonds. The van der Waals surface area contributed by atoms with E-state index in [9.17, 15) is 24.4 Å². The maximum atomic E-state index is 11.7. The van der Waals surface area contributed by atoms with Gasteiger partial charge in [0.05, 0.1) is 6.61 Å². The van der Waals surface area contributed by atoms with Gasteiger partial charge in [0.1, 0.15) is 18.3 Å². The van der Waals surface area contributed by atoms with E-state index in [0.717, 1.165) is 10.8 Å². The van der Waals surface area contributed by atoms with Crippen LogP contribution in [0.5, 0.6) is 0 Å². The summed E-state index contributed by atoms with van der Waals surface area (Å²) in [4.78, 5) is 42.3. The minimum absolute atomic E-state index is 0.180. The molecule has 1 aliphatic heterocycles. The van der Waals surface area contributed by atoms with Crippen molar-refractivity contribution < 1.29 is 33.8 Å². The Kier molecular flexibility index (Phi) is 4.68. The Labute approximate surface area is 123 Å². The molecule has 0 bridgehead atoms. The molecule has 1 aromatic heterocycles. The molecular weight excluding hydrogens is 323 g/mol. The van der Waals surface area contributed by atoms with Crippen molar-refractivity contribution in [1.82, 2.24) is 9.55 Å². The van der Waals surface area contributed by atoms with Crippen LogP contribution < -0.4 is 11.2 Å². The fraction of sp³-hybridized carbons (Fsp3) is 0.600. The van der Waals surface area contributed by atoms with Gasteiger partial charge in [-0.25, -0.2) is 9.36 Å². The minimum Gasteiger partial charge on any atom is -0.387 e. The summed E-state index contributed by atoms with van der Waals surface area (Å²) in [5.41, 5.74) is -1.28. The predicted molar refractivity (Wildman–Crippen MR) is 70.0 cm³/mol. The van der Waals surface area contributed by atoms with Crippen molar-refractivity contribution in [2.45, 2.75) is 31.5 Å². The highest BCUT2D eigenvalue weighted by atomic mass is 31.2. The van der Waals surface area contributed by atoms with Gasteiger partial charge in [0, 0.05) is 11.8 Å². The molecule has 1 aliphatic rings. The maximum absolute atomic E-state index is 11.7. The van der Waals surface area contributed by atoms with Crippen LogP contribution in [0, 0.1) is 6.92 Å². The summed E-state index contributed by atoms with van der Waals surface area (Å²) in [5, 5.41) is 19.7. The molecule has 0 spiro atoms. The topological polar surface area (TPSA) is 171 Å². The molecule has 22 heavy (non-hydrogen) atoms. The van der Waals surface area contributed by atoms with Gasteiger partial charge in [0.25, 0.3) is 5.56 Å². The van der Waals surface area contributed by atoms with Crippen molar-refractivity contribution in [1.29, 1.82) is 0 Å². The molecule has 12 heteroatoms. The quantitative estimate of drug-likeness (QED) is 0.374. The van der Waals surface area contributed by atoms with Gasteiger partial charge in [-0.15, -0.1) is 0 Å². The third-order valence-electron chi connectivity index (χ3n) is 3.16. The Morgan fingerprint density at radius 1 is 1.36 bits per heavy atom. The van der Waals surface area contributed by atoms with E-state index in [1.165, 1.54) is 6.92 Å². The molecule has 0 radical (unpaired) electrons. The maximum Gasteiger partial charge on any atom is 0.469 e. The number of phosphoric acid groups is 1. The number of aliphatic hydroxyl groups is 2. The summed E-state index contributed by atoms with van der Waals surface area (Å²) < 4.78 is 20.9. The number of aryl methyl sites for hydroxylation is 1. The van der Waals surface area contributed by atoms with Crippen LogP contribution in [-0.4, -0.2) is 54.5 Å². The summed E-state index contributed by atoms with van der Waals surface area (Å²) in [7, 11) is -4.77. The van der Waals surface area contributed by atoms with E-state index in [2.05, 4.69) is 4.52 Å². The average molecular weight is 338 g/mol. The van der Waals surface area contributed by atoms with E-state index in [-0.39, 0.29) is 5.56 Å². The number of hydrogen-bond acceptors (Lipinski definition) is 7. The molecule has 2 unspecified atom stereocenters. The Balaban J connectivity index is 2.23. The standard InChI is InChI=1S/C10H15N2O9P/c1-4-2-12(10(16)11-8(4)15)9-7(14)6(13)5(21-9)3-20-22(17,18)19/h2,5-7,9,13-14H,3H2,1H3,(H,11,15,16)(H2,17,18,19)/t5-,6?,7?,9-/m0/s1. The van der Waals surface area contributed by atoms with Gasteiger partial charge >= 0.3 is 13.5 Å². The Morgan fingerprint density at radius 2 is 2.00 bits per heavy atom. The van der Waals surface area contributed by atoms with Gasteiger partial charge in [-0.3, -0.25) is 18.9 Å². The second-order valence-electron chi connectivity index (χ2n) is 4.81. The third-order valence-corrected chi connectivity index (χ3v) is 3.65. The van der Waals surface area contributed by atoms with Crippen LogP contribution in [0.1, 0.15) is 11.8 Å². The Morgan fingerprint density at radius 3 is 2.59 bits per heavy atom. The van der Waals surface area contributed by atoms with Gasteiger partial charge in [-0.1, -0.05) is 0 Å². The Hall–Kier alpha value is -1.33. The summed E-state index contributed by atoms with van der Waals surface area (Å²) in [6, 6.07) is 0. The van der Waals surface area contributed by atoms with Crippen molar-refractivity contribution in [2.24, 2.45) is 0 Å².